The van der Waals surface area contributed by atoms with Gasteiger partial charge in [0.1, 0.15) is 0 Å². The van der Waals surface area contributed by atoms with Gasteiger partial charge in [-0.3, -0.25) is 0 Å². The van der Waals surface area contributed by atoms with E-state index in [1.807, 2.05) is 0 Å². The van der Waals surface area contributed by atoms with E-state index in [0.29, 0.717) is 6.04 Å². The lowest BCUT2D eigenvalue weighted by atomic mass is 9.84. The van der Waals surface area contributed by atoms with Crippen LogP contribution in [-0.4, -0.2) is 37.0 Å². The minimum Gasteiger partial charge on any atom is -0.389 e. The van der Waals surface area contributed by atoms with Gasteiger partial charge < -0.3 is 15.2 Å². The van der Waals surface area contributed by atoms with Crippen molar-refractivity contribution in [2.75, 3.05) is 20.3 Å². The van der Waals surface area contributed by atoms with Crippen LogP contribution in [-0.2, 0) is 4.74 Å². The number of methoxy groups -OCH3 is 1. The molecule has 0 aromatic rings. The van der Waals surface area contributed by atoms with Gasteiger partial charge in [0.15, 0.2) is 0 Å². The van der Waals surface area contributed by atoms with Crippen LogP contribution in [0.2, 0.25) is 0 Å². The third kappa shape index (κ3) is 3.44. The van der Waals surface area contributed by atoms with Crippen molar-refractivity contribution in [3.63, 3.8) is 0 Å². The highest BCUT2D eigenvalue weighted by Crippen LogP contribution is 2.33. The summed E-state index contributed by atoms with van der Waals surface area (Å²) in [6.07, 6.45) is 8.20. The standard InChI is InChI=1S/C13H25NO2/c1-16-9-12(11-5-6-11)14-10-13(15)7-3-2-4-8-13/h11-12,14-15H,2-10H2,1H3. The molecular weight excluding hydrogens is 202 g/mol. The fourth-order valence-corrected chi connectivity index (χ4v) is 2.75. The maximum absolute atomic E-state index is 10.4. The Bertz CT molecular complexity index is 210. The second kappa shape index (κ2) is 5.48. The maximum atomic E-state index is 10.4. The normalized spacial score (nSPS) is 26.6. The predicted molar refractivity (Wildman–Crippen MR) is 64.4 cm³/mol. The van der Waals surface area contributed by atoms with Crippen LogP contribution in [0.15, 0.2) is 0 Å². The lowest BCUT2D eigenvalue weighted by molar-refractivity contribution is -0.000610. The Hall–Kier alpha value is -0.120. The van der Waals surface area contributed by atoms with Crippen LogP contribution >= 0.6 is 0 Å². The van der Waals surface area contributed by atoms with Gasteiger partial charge in [-0.15, -0.1) is 0 Å². The minimum absolute atomic E-state index is 0.445. The average Bonchev–Trinajstić information content (AvgIpc) is 3.09. The molecule has 2 aliphatic carbocycles. The molecule has 16 heavy (non-hydrogen) atoms. The Balaban J connectivity index is 1.75. The summed E-state index contributed by atoms with van der Waals surface area (Å²) in [5.74, 6) is 0.784. The number of rotatable bonds is 6. The lowest BCUT2D eigenvalue weighted by Gasteiger charge is -2.34. The van der Waals surface area contributed by atoms with Crippen molar-refractivity contribution in [1.29, 1.82) is 0 Å². The highest BCUT2D eigenvalue weighted by molar-refractivity contribution is 4.90. The molecule has 0 saturated heterocycles. The summed E-state index contributed by atoms with van der Waals surface area (Å²) in [7, 11) is 1.76. The van der Waals surface area contributed by atoms with Crippen LogP contribution in [0, 0.1) is 5.92 Å². The molecule has 94 valence electrons. The van der Waals surface area contributed by atoms with Gasteiger partial charge in [0.05, 0.1) is 12.2 Å². The zero-order chi connectivity index (χ0) is 11.4. The molecule has 0 aliphatic heterocycles. The Morgan fingerprint density at radius 3 is 2.56 bits per heavy atom. The van der Waals surface area contributed by atoms with Crippen LogP contribution in [0.1, 0.15) is 44.9 Å². The van der Waals surface area contributed by atoms with E-state index in [1.54, 1.807) is 7.11 Å². The molecule has 0 amide bonds. The summed E-state index contributed by atoms with van der Waals surface area (Å²) in [5.41, 5.74) is -0.445. The SMILES string of the molecule is COCC(NCC1(O)CCCCC1)C1CC1. The van der Waals surface area contributed by atoms with Crippen molar-refractivity contribution in [2.45, 2.75) is 56.6 Å². The molecule has 0 radical (unpaired) electrons. The highest BCUT2D eigenvalue weighted by atomic mass is 16.5. The Morgan fingerprint density at radius 1 is 1.31 bits per heavy atom. The zero-order valence-corrected chi connectivity index (χ0v) is 10.4. The number of ether oxygens (including phenoxy) is 1. The summed E-state index contributed by atoms with van der Waals surface area (Å²) < 4.78 is 5.23. The summed E-state index contributed by atoms with van der Waals surface area (Å²) in [6.45, 7) is 1.53. The van der Waals surface area contributed by atoms with E-state index < -0.39 is 5.60 Å². The van der Waals surface area contributed by atoms with Gasteiger partial charge in [-0.25, -0.2) is 0 Å². The van der Waals surface area contributed by atoms with Crippen molar-refractivity contribution in [3.8, 4) is 0 Å². The van der Waals surface area contributed by atoms with Gasteiger partial charge >= 0.3 is 0 Å². The lowest BCUT2D eigenvalue weighted by Crippen LogP contribution is -2.47. The second-order valence-electron chi connectivity index (χ2n) is 5.57. The van der Waals surface area contributed by atoms with Crippen molar-refractivity contribution >= 4 is 0 Å². The number of nitrogens with one attached hydrogen (secondary N) is 1. The van der Waals surface area contributed by atoms with Crippen LogP contribution in [0.4, 0.5) is 0 Å². The summed E-state index contributed by atoms with van der Waals surface area (Å²) in [5, 5.41) is 13.9. The third-order valence-electron chi connectivity index (χ3n) is 4.01. The van der Waals surface area contributed by atoms with Gasteiger partial charge in [0, 0.05) is 19.7 Å². The molecule has 2 N–H and O–H groups in total. The molecule has 2 saturated carbocycles. The van der Waals surface area contributed by atoms with Crippen LogP contribution in [0.25, 0.3) is 0 Å². The highest BCUT2D eigenvalue weighted by Gasteiger charge is 2.34. The quantitative estimate of drug-likeness (QED) is 0.725. The van der Waals surface area contributed by atoms with E-state index in [2.05, 4.69) is 5.32 Å². The van der Waals surface area contributed by atoms with E-state index in [9.17, 15) is 5.11 Å². The van der Waals surface area contributed by atoms with E-state index in [1.165, 1.54) is 32.1 Å². The molecule has 3 heteroatoms. The molecule has 2 rings (SSSR count). The third-order valence-corrected chi connectivity index (χ3v) is 4.01. The zero-order valence-electron chi connectivity index (χ0n) is 10.4. The molecule has 0 aromatic heterocycles. The molecule has 1 atom stereocenters. The van der Waals surface area contributed by atoms with Crippen molar-refractivity contribution < 1.29 is 9.84 Å². The van der Waals surface area contributed by atoms with Crippen LogP contribution in [0.3, 0.4) is 0 Å². The largest absolute Gasteiger partial charge is 0.389 e. The van der Waals surface area contributed by atoms with Gasteiger partial charge in [-0.2, -0.15) is 0 Å². The van der Waals surface area contributed by atoms with Crippen LogP contribution in [0.5, 0.6) is 0 Å². The first-order chi connectivity index (χ1) is 7.73. The van der Waals surface area contributed by atoms with Crippen LogP contribution < -0.4 is 5.32 Å². The van der Waals surface area contributed by atoms with Gasteiger partial charge in [0.25, 0.3) is 0 Å². The van der Waals surface area contributed by atoms with Gasteiger partial charge in [0.2, 0.25) is 0 Å². The molecule has 0 heterocycles. The second-order valence-corrected chi connectivity index (χ2v) is 5.57. The molecule has 2 aliphatic rings. The van der Waals surface area contributed by atoms with Gasteiger partial charge in [-0.1, -0.05) is 19.3 Å². The smallest absolute Gasteiger partial charge is 0.0771 e. The monoisotopic (exact) mass is 227 g/mol. The topological polar surface area (TPSA) is 41.5 Å². The Labute approximate surface area is 98.6 Å². The predicted octanol–water partition coefficient (Wildman–Crippen LogP) is 1.70. The summed E-state index contributed by atoms with van der Waals surface area (Å²) >= 11 is 0. The molecule has 1 unspecified atom stereocenters. The van der Waals surface area contributed by atoms with E-state index in [0.717, 1.165) is 31.9 Å². The Morgan fingerprint density at radius 2 is 2.00 bits per heavy atom. The number of hydrogen-bond donors (Lipinski definition) is 2. The fraction of sp³-hybridized carbons (Fsp3) is 1.00. The maximum Gasteiger partial charge on any atom is 0.0771 e. The molecule has 0 spiro atoms. The van der Waals surface area contributed by atoms with E-state index in [-0.39, 0.29) is 0 Å². The number of hydrogen-bond acceptors (Lipinski definition) is 3. The first kappa shape index (κ1) is 12.3. The first-order valence-corrected chi connectivity index (χ1v) is 6.68. The molecule has 3 nitrogen and oxygen atoms in total. The van der Waals surface area contributed by atoms with Gasteiger partial charge in [-0.05, 0) is 31.6 Å². The number of aliphatic hydroxyl groups is 1. The molecule has 0 bridgehead atoms. The summed E-state index contributed by atoms with van der Waals surface area (Å²) in [4.78, 5) is 0. The average molecular weight is 227 g/mol. The Kier molecular flexibility index (Phi) is 4.22. The van der Waals surface area contributed by atoms with Crippen molar-refractivity contribution in [2.24, 2.45) is 5.92 Å². The molecular formula is C13H25NO2. The molecule has 2 fully saturated rings. The fourth-order valence-electron chi connectivity index (χ4n) is 2.75. The van der Waals surface area contributed by atoms with E-state index >= 15 is 0 Å². The molecule has 0 aromatic carbocycles. The van der Waals surface area contributed by atoms with E-state index in [4.69, 9.17) is 4.74 Å². The van der Waals surface area contributed by atoms with Crippen molar-refractivity contribution in [1.82, 2.24) is 5.32 Å². The summed E-state index contributed by atoms with van der Waals surface area (Å²) in [6, 6.07) is 0.455. The first-order valence-electron chi connectivity index (χ1n) is 6.68. The van der Waals surface area contributed by atoms with Crippen molar-refractivity contribution in [3.05, 3.63) is 0 Å². The minimum atomic E-state index is -0.445.